The van der Waals surface area contributed by atoms with Gasteiger partial charge in [-0.25, -0.2) is 0 Å². The second kappa shape index (κ2) is 3.93. The molecule has 2 heteroatoms. The molecule has 0 heterocycles. The lowest BCUT2D eigenvalue weighted by Crippen LogP contribution is -2.16. The van der Waals surface area contributed by atoms with Crippen molar-refractivity contribution >= 4 is 14.4 Å². The molecule has 0 aromatic rings. The van der Waals surface area contributed by atoms with E-state index in [2.05, 4.69) is 42.9 Å². The van der Waals surface area contributed by atoms with Crippen molar-refractivity contribution in [1.29, 1.82) is 0 Å². The number of rotatable bonds is 0. The number of hydrogen-bond donors (Lipinski definition) is 0. The molecule has 10 heavy (non-hydrogen) atoms. The number of carbonyl (C=O) groups excluding carboxylic acids is 1. The van der Waals surface area contributed by atoms with Gasteiger partial charge in [0.05, 0.1) is 0 Å². The summed E-state index contributed by atoms with van der Waals surface area (Å²) in [6.45, 7) is 6.38. The number of carbonyl (C=O) groups is 1. The maximum atomic E-state index is 9.70. The highest BCUT2D eigenvalue weighted by molar-refractivity contribution is 6.83. The van der Waals surface area contributed by atoms with E-state index in [1.807, 2.05) is 0 Å². The quantitative estimate of drug-likeness (QED) is 0.219. The zero-order chi connectivity index (χ0) is 8.04. The Bertz CT molecular complexity index is 226. The molecule has 1 nitrogen and oxygen atoms in total. The molecule has 0 aromatic heterocycles. The molecule has 0 N–H and O–H groups in total. The third-order valence-electron chi connectivity index (χ3n) is 0.631. The van der Waals surface area contributed by atoms with E-state index in [0.29, 0.717) is 6.29 Å². The SMILES string of the molecule is C[Si](C)(C)C#CC#C[13CH]=O. The highest BCUT2D eigenvalue weighted by Gasteiger charge is 2.06. The van der Waals surface area contributed by atoms with Gasteiger partial charge in [-0.1, -0.05) is 19.6 Å². The van der Waals surface area contributed by atoms with E-state index in [1.54, 1.807) is 0 Å². The fourth-order valence-corrected chi connectivity index (χ4v) is 0.722. The smallest absolute Gasteiger partial charge is 0.193 e. The van der Waals surface area contributed by atoms with Crippen LogP contribution < -0.4 is 0 Å². The van der Waals surface area contributed by atoms with E-state index in [0.717, 1.165) is 0 Å². The van der Waals surface area contributed by atoms with E-state index >= 15 is 0 Å². The van der Waals surface area contributed by atoms with Crippen molar-refractivity contribution in [3.8, 4) is 23.3 Å². The van der Waals surface area contributed by atoms with Crippen molar-refractivity contribution in [2.24, 2.45) is 0 Å². The molecule has 0 rings (SSSR count). The largest absolute Gasteiger partial charge is 0.289 e. The third-order valence-corrected chi connectivity index (χ3v) is 1.51. The summed E-state index contributed by atoms with van der Waals surface area (Å²) >= 11 is 0. The van der Waals surface area contributed by atoms with Gasteiger partial charge in [0.2, 0.25) is 0 Å². The zero-order valence-corrected chi connectivity index (χ0v) is 7.49. The lowest BCUT2D eigenvalue weighted by atomic mass is 10.7. The molecule has 0 aliphatic rings. The van der Waals surface area contributed by atoms with Crippen molar-refractivity contribution in [2.45, 2.75) is 19.6 Å². The van der Waals surface area contributed by atoms with E-state index in [-0.39, 0.29) is 0 Å². The summed E-state index contributed by atoms with van der Waals surface area (Å²) < 4.78 is 0. The van der Waals surface area contributed by atoms with Gasteiger partial charge < -0.3 is 0 Å². The minimum absolute atomic E-state index is 0.554. The van der Waals surface area contributed by atoms with Gasteiger partial charge in [-0.2, -0.15) is 0 Å². The van der Waals surface area contributed by atoms with Crippen molar-refractivity contribution in [3.05, 3.63) is 0 Å². The van der Waals surface area contributed by atoms with Gasteiger partial charge in [-0.15, -0.1) is 5.54 Å². The van der Waals surface area contributed by atoms with Crippen LogP contribution in [0.5, 0.6) is 0 Å². The fraction of sp³-hybridized carbons (Fsp3) is 0.375. The molecule has 0 fully saturated rings. The summed E-state index contributed by atoms with van der Waals surface area (Å²) in [5, 5.41) is 0. The minimum atomic E-state index is -1.29. The van der Waals surface area contributed by atoms with Crippen LogP contribution in [0.15, 0.2) is 0 Å². The second-order valence-electron chi connectivity index (χ2n) is 2.89. The molecule has 0 saturated carbocycles. The molecule has 0 amide bonds. The van der Waals surface area contributed by atoms with Gasteiger partial charge in [0.15, 0.2) is 6.29 Å². The summed E-state index contributed by atoms with van der Waals surface area (Å²) in [5.41, 5.74) is 3.01. The molecule has 0 saturated heterocycles. The zero-order valence-electron chi connectivity index (χ0n) is 6.49. The van der Waals surface area contributed by atoms with E-state index in [9.17, 15) is 4.79 Å². The van der Waals surface area contributed by atoms with Crippen LogP contribution in [0.25, 0.3) is 0 Å². The standard InChI is InChI=1S/C8H10OSi/c1-10(2,3)8-6-4-5-7-9/h7H,1-3H3/i7+1. The predicted octanol–water partition coefficient (Wildman–Crippen LogP) is 1.07. The molecule has 52 valence electrons. The van der Waals surface area contributed by atoms with Gasteiger partial charge in [-0.3, -0.25) is 4.79 Å². The number of hydrogen-bond acceptors (Lipinski definition) is 1. The van der Waals surface area contributed by atoms with Crippen molar-refractivity contribution < 1.29 is 4.79 Å². The first-order chi connectivity index (χ1) is 4.56. The summed E-state index contributed by atoms with van der Waals surface area (Å²) in [7, 11) is -1.29. The summed E-state index contributed by atoms with van der Waals surface area (Å²) in [6.07, 6.45) is 0.554. The van der Waals surface area contributed by atoms with Gasteiger partial charge in [0.25, 0.3) is 0 Å². The second-order valence-corrected chi connectivity index (χ2v) is 7.64. The molecule has 0 radical (unpaired) electrons. The normalized spacial score (nSPS) is 8.30. The molecule has 0 aromatic carbocycles. The van der Waals surface area contributed by atoms with Crippen LogP contribution in [0.3, 0.4) is 0 Å². The fourth-order valence-electron chi connectivity index (χ4n) is 0.284. The topological polar surface area (TPSA) is 17.1 Å². The van der Waals surface area contributed by atoms with E-state index in [4.69, 9.17) is 0 Å². The monoisotopic (exact) mass is 151 g/mol. The summed E-state index contributed by atoms with van der Waals surface area (Å²) in [6, 6.07) is 0. The maximum Gasteiger partial charge on any atom is 0.193 e. The molecule has 0 unspecified atom stereocenters. The van der Waals surface area contributed by atoms with Crippen molar-refractivity contribution in [2.75, 3.05) is 0 Å². The predicted molar refractivity (Wildman–Crippen MR) is 45.0 cm³/mol. The highest BCUT2D eigenvalue weighted by atomic mass is 28.3. The molecular weight excluding hydrogens is 141 g/mol. The Morgan fingerprint density at radius 3 is 2.20 bits per heavy atom. The van der Waals surface area contributed by atoms with Crippen LogP contribution in [0.2, 0.25) is 19.6 Å². The Balaban J connectivity index is 4.06. The van der Waals surface area contributed by atoms with Crippen LogP contribution in [0.4, 0.5) is 0 Å². The van der Waals surface area contributed by atoms with Crippen LogP contribution in [0.1, 0.15) is 0 Å². The van der Waals surface area contributed by atoms with Gasteiger partial charge >= 0.3 is 0 Å². The first kappa shape index (κ1) is 9.01. The molecule has 0 aliphatic carbocycles. The molecule has 0 bridgehead atoms. The number of aldehydes is 1. The van der Waals surface area contributed by atoms with Crippen LogP contribution in [-0.2, 0) is 4.79 Å². The van der Waals surface area contributed by atoms with Crippen LogP contribution >= 0.6 is 0 Å². The van der Waals surface area contributed by atoms with Gasteiger partial charge in [0.1, 0.15) is 8.07 Å². The first-order valence-electron chi connectivity index (χ1n) is 3.02. The minimum Gasteiger partial charge on any atom is -0.289 e. The van der Waals surface area contributed by atoms with Crippen LogP contribution in [-0.4, -0.2) is 14.4 Å². The summed E-state index contributed by atoms with van der Waals surface area (Å²) in [5.74, 6) is 7.33. The summed E-state index contributed by atoms with van der Waals surface area (Å²) in [4.78, 5) is 9.70. The average Bonchev–Trinajstić information content (AvgIpc) is 1.78. The first-order valence-corrected chi connectivity index (χ1v) is 6.52. The lowest BCUT2D eigenvalue weighted by Gasteiger charge is -2.01. The molecular formula is C8H10OSi. The van der Waals surface area contributed by atoms with Crippen molar-refractivity contribution in [1.82, 2.24) is 0 Å². The third kappa shape index (κ3) is 7.01. The molecule has 0 spiro atoms. The Kier molecular flexibility index (Phi) is 3.54. The van der Waals surface area contributed by atoms with Gasteiger partial charge in [-0.05, 0) is 17.8 Å². The van der Waals surface area contributed by atoms with E-state index < -0.39 is 8.07 Å². The lowest BCUT2D eigenvalue weighted by molar-refractivity contribution is -0.103. The Morgan fingerprint density at radius 1 is 1.20 bits per heavy atom. The van der Waals surface area contributed by atoms with Crippen molar-refractivity contribution in [3.63, 3.8) is 0 Å². The van der Waals surface area contributed by atoms with Gasteiger partial charge in [0, 0.05) is 0 Å². The average molecular weight is 151 g/mol. The maximum absolute atomic E-state index is 9.70. The van der Waals surface area contributed by atoms with E-state index in [1.165, 1.54) is 0 Å². The Hall–Kier alpha value is -0.993. The Labute approximate surface area is 62.8 Å². The highest BCUT2D eigenvalue weighted by Crippen LogP contribution is 1.95. The van der Waals surface area contributed by atoms with Crippen LogP contribution in [0, 0.1) is 23.3 Å². The molecule has 0 atom stereocenters. The molecule has 0 aliphatic heterocycles. The Morgan fingerprint density at radius 2 is 1.80 bits per heavy atom.